The first kappa shape index (κ1) is 18.5. The Labute approximate surface area is 134 Å². The number of carboxylic acid groups (broad SMARTS) is 1. The van der Waals surface area contributed by atoms with Crippen molar-refractivity contribution in [2.75, 3.05) is 14.2 Å². The van der Waals surface area contributed by atoms with Crippen LogP contribution in [0.25, 0.3) is 0 Å². The number of rotatable bonds is 6. The summed E-state index contributed by atoms with van der Waals surface area (Å²) in [6.07, 6.45) is 0.588. The van der Waals surface area contributed by atoms with Crippen LogP contribution in [0.1, 0.15) is 26.5 Å². The lowest BCUT2D eigenvalue weighted by Gasteiger charge is -2.22. The molecule has 0 aromatic carbocycles. The van der Waals surface area contributed by atoms with Crippen molar-refractivity contribution in [2.24, 2.45) is 0 Å². The van der Waals surface area contributed by atoms with Crippen LogP contribution in [-0.4, -0.2) is 48.0 Å². The third-order valence-corrected chi connectivity index (χ3v) is 2.75. The van der Waals surface area contributed by atoms with Gasteiger partial charge in [-0.05, 0) is 20.8 Å². The summed E-state index contributed by atoms with van der Waals surface area (Å²) in [5.74, 6) is -0.450. The van der Waals surface area contributed by atoms with Gasteiger partial charge in [-0.2, -0.15) is 0 Å². The lowest BCUT2D eigenvalue weighted by molar-refractivity contribution is -0.139. The molecule has 8 heteroatoms. The van der Waals surface area contributed by atoms with Gasteiger partial charge < -0.3 is 24.6 Å². The highest BCUT2D eigenvalue weighted by atomic mass is 16.6. The molecule has 1 aromatic heterocycles. The van der Waals surface area contributed by atoms with Gasteiger partial charge in [0.15, 0.2) is 11.5 Å². The molecule has 128 valence electrons. The summed E-state index contributed by atoms with van der Waals surface area (Å²) in [7, 11) is 2.90. The number of alkyl carbamates (subject to hydrolysis) is 1. The van der Waals surface area contributed by atoms with Gasteiger partial charge in [-0.15, -0.1) is 0 Å². The number of hydrogen-bond donors (Lipinski definition) is 2. The van der Waals surface area contributed by atoms with Crippen molar-refractivity contribution < 1.29 is 28.9 Å². The highest BCUT2D eigenvalue weighted by molar-refractivity contribution is 5.80. The Hall–Kier alpha value is -2.51. The average molecular weight is 326 g/mol. The van der Waals surface area contributed by atoms with E-state index in [-0.39, 0.29) is 6.42 Å². The normalized spacial score (nSPS) is 12.2. The first-order valence-corrected chi connectivity index (χ1v) is 6.96. The number of methoxy groups -OCH3 is 2. The molecule has 0 fully saturated rings. The number of nitrogens with one attached hydrogen (secondary N) is 1. The molecule has 0 saturated carbocycles. The monoisotopic (exact) mass is 326 g/mol. The van der Waals surface area contributed by atoms with Gasteiger partial charge in [0.1, 0.15) is 11.6 Å². The number of aliphatic carboxylic acids is 1. The second-order valence-electron chi connectivity index (χ2n) is 5.73. The summed E-state index contributed by atoms with van der Waals surface area (Å²) >= 11 is 0. The van der Waals surface area contributed by atoms with Gasteiger partial charge in [0, 0.05) is 18.7 Å². The summed E-state index contributed by atoms with van der Waals surface area (Å²) in [5, 5.41) is 11.6. The van der Waals surface area contributed by atoms with E-state index in [4.69, 9.17) is 14.2 Å². The van der Waals surface area contributed by atoms with Gasteiger partial charge >= 0.3 is 12.1 Å². The predicted molar refractivity (Wildman–Crippen MR) is 81.8 cm³/mol. The van der Waals surface area contributed by atoms with Crippen LogP contribution >= 0.6 is 0 Å². The Kier molecular flexibility index (Phi) is 6.18. The fourth-order valence-corrected chi connectivity index (χ4v) is 1.84. The number of hydrogen-bond acceptors (Lipinski definition) is 6. The van der Waals surface area contributed by atoms with Crippen molar-refractivity contribution in [1.29, 1.82) is 0 Å². The van der Waals surface area contributed by atoms with Crippen molar-refractivity contribution in [3.05, 3.63) is 18.0 Å². The maximum atomic E-state index is 11.8. The number of aromatic nitrogens is 1. The summed E-state index contributed by atoms with van der Waals surface area (Å²) in [5.41, 5.74) is -0.366. The van der Waals surface area contributed by atoms with E-state index in [9.17, 15) is 14.7 Å². The summed E-state index contributed by atoms with van der Waals surface area (Å²) in [4.78, 5) is 27.3. The van der Waals surface area contributed by atoms with Crippen LogP contribution in [-0.2, 0) is 16.0 Å². The molecular formula is C15H22N2O6. The molecule has 0 saturated heterocycles. The lowest BCUT2D eigenvalue weighted by Crippen LogP contribution is -2.44. The minimum Gasteiger partial charge on any atom is -0.493 e. The van der Waals surface area contributed by atoms with E-state index >= 15 is 0 Å². The smallest absolute Gasteiger partial charge is 0.408 e. The summed E-state index contributed by atoms with van der Waals surface area (Å²) in [6.45, 7) is 5.07. The fraction of sp³-hybridized carbons (Fsp3) is 0.533. The van der Waals surface area contributed by atoms with Gasteiger partial charge in [-0.3, -0.25) is 4.98 Å². The summed E-state index contributed by atoms with van der Waals surface area (Å²) in [6, 6.07) is 0.387. The maximum Gasteiger partial charge on any atom is 0.408 e. The van der Waals surface area contributed by atoms with Gasteiger partial charge in [0.2, 0.25) is 0 Å². The van der Waals surface area contributed by atoms with Crippen LogP contribution in [0.2, 0.25) is 0 Å². The van der Waals surface area contributed by atoms with Crippen LogP contribution in [0.5, 0.6) is 11.5 Å². The van der Waals surface area contributed by atoms with Gasteiger partial charge in [-0.25, -0.2) is 9.59 Å². The number of carbonyl (C=O) groups is 2. The zero-order valence-corrected chi connectivity index (χ0v) is 13.9. The van der Waals surface area contributed by atoms with Crippen molar-refractivity contribution in [3.63, 3.8) is 0 Å². The second-order valence-corrected chi connectivity index (χ2v) is 5.73. The standard InChI is InChI=1S/C15H22N2O6/c1-15(2,3)23-14(20)17-10(13(18)19)8-9-12(22-5)11(21-4)6-7-16-9/h6-7,10H,8H2,1-5H3,(H,17,20)(H,18,19). The van der Waals surface area contributed by atoms with E-state index in [1.165, 1.54) is 20.4 Å². The molecule has 1 atom stereocenters. The minimum absolute atomic E-state index is 0.0745. The fourth-order valence-electron chi connectivity index (χ4n) is 1.84. The molecule has 23 heavy (non-hydrogen) atoms. The Morgan fingerprint density at radius 1 is 1.30 bits per heavy atom. The first-order chi connectivity index (χ1) is 10.7. The largest absolute Gasteiger partial charge is 0.493 e. The second kappa shape index (κ2) is 7.66. The number of carbonyl (C=O) groups excluding carboxylic acids is 1. The molecule has 1 amide bonds. The number of ether oxygens (including phenoxy) is 3. The Balaban J connectivity index is 2.93. The molecule has 0 bridgehead atoms. The van der Waals surface area contributed by atoms with Crippen molar-refractivity contribution in [3.8, 4) is 11.5 Å². The molecule has 0 aliphatic rings. The van der Waals surface area contributed by atoms with E-state index in [1.54, 1.807) is 26.8 Å². The first-order valence-electron chi connectivity index (χ1n) is 6.96. The number of carboxylic acids is 1. The van der Waals surface area contributed by atoms with Crippen LogP contribution in [0.15, 0.2) is 12.3 Å². The van der Waals surface area contributed by atoms with E-state index in [0.717, 1.165) is 0 Å². The number of nitrogens with zero attached hydrogens (tertiary/aromatic N) is 1. The van der Waals surface area contributed by atoms with Crippen molar-refractivity contribution in [1.82, 2.24) is 10.3 Å². The van der Waals surface area contributed by atoms with E-state index in [0.29, 0.717) is 17.2 Å². The van der Waals surface area contributed by atoms with Gasteiger partial charge in [0.25, 0.3) is 0 Å². The molecule has 8 nitrogen and oxygen atoms in total. The van der Waals surface area contributed by atoms with E-state index < -0.39 is 23.7 Å². The average Bonchev–Trinajstić information content (AvgIpc) is 2.44. The van der Waals surface area contributed by atoms with Gasteiger partial charge in [0.05, 0.1) is 19.9 Å². The molecule has 1 unspecified atom stereocenters. The Morgan fingerprint density at radius 3 is 2.43 bits per heavy atom. The highest BCUT2D eigenvalue weighted by Crippen LogP contribution is 2.29. The third kappa shape index (κ3) is 5.65. The van der Waals surface area contributed by atoms with Crippen LogP contribution < -0.4 is 14.8 Å². The third-order valence-electron chi connectivity index (χ3n) is 2.75. The highest BCUT2D eigenvalue weighted by Gasteiger charge is 2.26. The summed E-state index contributed by atoms with van der Waals surface area (Å²) < 4.78 is 15.4. The van der Waals surface area contributed by atoms with E-state index in [2.05, 4.69) is 10.3 Å². The zero-order chi connectivity index (χ0) is 17.6. The lowest BCUT2D eigenvalue weighted by atomic mass is 10.1. The Morgan fingerprint density at radius 2 is 1.96 bits per heavy atom. The molecule has 0 aliphatic heterocycles. The predicted octanol–water partition coefficient (Wildman–Crippen LogP) is 1.62. The molecular weight excluding hydrogens is 304 g/mol. The number of amides is 1. The topological polar surface area (TPSA) is 107 Å². The maximum absolute atomic E-state index is 11.8. The molecule has 1 aromatic rings. The van der Waals surface area contributed by atoms with Crippen molar-refractivity contribution >= 4 is 12.1 Å². The molecule has 1 rings (SSSR count). The SMILES string of the molecule is COc1ccnc(CC(NC(=O)OC(C)(C)C)C(=O)O)c1OC. The van der Waals surface area contributed by atoms with Gasteiger partial charge in [-0.1, -0.05) is 0 Å². The quantitative estimate of drug-likeness (QED) is 0.818. The van der Waals surface area contributed by atoms with Crippen LogP contribution in [0.3, 0.4) is 0 Å². The molecule has 2 N–H and O–H groups in total. The van der Waals surface area contributed by atoms with Crippen LogP contribution in [0.4, 0.5) is 4.79 Å². The number of pyridine rings is 1. The Bertz CT molecular complexity index is 568. The zero-order valence-electron chi connectivity index (χ0n) is 13.9. The molecule has 0 spiro atoms. The molecule has 0 radical (unpaired) electrons. The molecule has 1 heterocycles. The van der Waals surface area contributed by atoms with Crippen molar-refractivity contribution in [2.45, 2.75) is 38.8 Å². The van der Waals surface area contributed by atoms with Crippen LogP contribution in [0, 0.1) is 0 Å². The molecule has 0 aliphatic carbocycles. The van der Waals surface area contributed by atoms with E-state index in [1.807, 2.05) is 0 Å². The minimum atomic E-state index is -1.21.